The molecule has 2 heterocycles. The van der Waals surface area contributed by atoms with Gasteiger partial charge in [-0.1, -0.05) is 55.5 Å². The number of nitrogens with one attached hydrogen (secondary N) is 2. The highest BCUT2D eigenvalue weighted by Gasteiger charge is 2.26. The molecule has 0 aliphatic carbocycles. The Hall–Kier alpha value is -4.13. The number of ether oxygens (including phenoxy) is 1. The number of hydrogen-bond donors (Lipinski definition) is 3. The average Bonchev–Trinajstić information content (AvgIpc) is 3.26. The molecule has 0 saturated heterocycles. The Labute approximate surface area is 191 Å². The van der Waals surface area contributed by atoms with E-state index in [1.165, 1.54) is 0 Å². The van der Waals surface area contributed by atoms with Crippen molar-refractivity contribution in [3.8, 4) is 5.75 Å². The zero-order chi connectivity index (χ0) is 23.4. The van der Waals surface area contributed by atoms with Gasteiger partial charge in [0.1, 0.15) is 11.8 Å². The lowest BCUT2D eigenvalue weighted by Crippen LogP contribution is -2.21. The molecule has 7 nitrogen and oxygen atoms in total. The molecule has 4 rings (SSSR count). The highest BCUT2D eigenvalue weighted by atomic mass is 16.5. The van der Waals surface area contributed by atoms with Crippen molar-refractivity contribution in [1.82, 2.24) is 9.97 Å². The van der Waals surface area contributed by atoms with Crippen molar-refractivity contribution >= 4 is 28.3 Å². The third-order valence-corrected chi connectivity index (χ3v) is 5.68. The first kappa shape index (κ1) is 22.1. The molecule has 33 heavy (non-hydrogen) atoms. The molecule has 168 valence electrons. The Morgan fingerprint density at radius 3 is 2.64 bits per heavy atom. The number of H-pyrrole nitrogens is 1. The van der Waals surface area contributed by atoms with E-state index in [0.29, 0.717) is 17.0 Å². The number of carbonyl (C=O) groups excluding carboxylic acids is 1. The van der Waals surface area contributed by atoms with Crippen LogP contribution in [0.4, 0.5) is 5.69 Å². The summed E-state index contributed by atoms with van der Waals surface area (Å²) < 4.78 is 5.26. The number of nitrogens with zero attached hydrogens (tertiary/aromatic N) is 1. The van der Waals surface area contributed by atoms with Crippen LogP contribution in [0.5, 0.6) is 5.75 Å². The molecule has 0 radical (unpaired) electrons. The van der Waals surface area contributed by atoms with Crippen molar-refractivity contribution in [3.05, 3.63) is 89.9 Å². The maximum absolute atomic E-state index is 13.8. The summed E-state index contributed by atoms with van der Waals surface area (Å²) in [5, 5.41) is 13.3. The number of aliphatic carboxylic acids is 1. The number of hydrogen-bond acceptors (Lipinski definition) is 5. The predicted octanol–water partition coefficient (Wildman–Crippen LogP) is 5.19. The molecular weight excluding hydrogens is 418 g/mol. The van der Waals surface area contributed by atoms with Crippen LogP contribution >= 0.6 is 0 Å². The van der Waals surface area contributed by atoms with Crippen LogP contribution < -0.4 is 10.1 Å². The molecule has 0 saturated carbocycles. The van der Waals surface area contributed by atoms with Crippen LogP contribution in [0.2, 0.25) is 0 Å². The van der Waals surface area contributed by atoms with E-state index in [9.17, 15) is 14.7 Å². The summed E-state index contributed by atoms with van der Waals surface area (Å²) in [6.07, 6.45) is 4.96. The van der Waals surface area contributed by atoms with Gasteiger partial charge < -0.3 is 20.1 Å². The van der Waals surface area contributed by atoms with Gasteiger partial charge in [0.2, 0.25) is 0 Å². The highest BCUT2D eigenvalue weighted by Crippen LogP contribution is 2.32. The van der Waals surface area contributed by atoms with Gasteiger partial charge in [0, 0.05) is 28.7 Å². The monoisotopic (exact) mass is 443 g/mol. The zero-order valence-electron chi connectivity index (χ0n) is 18.4. The number of methoxy groups -OCH3 is 1. The van der Waals surface area contributed by atoms with Crippen molar-refractivity contribution in [2.24, 2.45) is 0 Å². The lowest BCUT2D eigenvalue weighted by molar-refractivity contribution is -0.137. The van der Waals surface area contributed by atoms with Gasteiger partial charge in [-0.3, -0.25) is 14.6 Å². The number of Topliss-reactive ketones (excluding diaryl/α,β-unsaturated/α-hetero) is 1. The number of aromatic amines is 1. The van der Waals surface area contributed by atoms with Gasteiger partial charge in [0.25, 0.3) is 0 Å². The molecule has 7 heteroatoms. The van der Waals surface area contributed by atoms with Gasteiger partial charge in [0.15, 0.2) is 5.78 Å². The molecule has 2 atom stereocenters. The van der Waals surface area contributed by atoms with E-state index in [1.54, 1.807) is 31.8 Å². The van der Waals surface area contributed by atoms with Crippen LogP contribution in [0.3, 0.4) is 0 Å². The molecular formula is C26H25N3O4. The zero-order valence-corrected chi connectivity index (χ0v) is 18.4. The first-order valence-corrected chi connectivity index (χ1v) is 10.6. The van der Waals surface area contributed by atoms with Gasteiger partial charge in [0.05, 0.1) is 31.6 Å². The Kier molecular flexibility index (Phi) is 6.40. The Morgan fingerprint density at radius 2 is 1.91 bits per heavy atom. The number of para-hydroxylation sites is 1. The number of carboxylic acids is 1. The summed E-state index contributed by atoms with van der Waals surface area (Å²) in [5.74, 6) is -0.581. The van der Waals surface area contributed by atoms with E-state index >= 15 is 0 Å². The number of carboxylic acid groups (broad SMARTS) is 1. The van der Waals surface area contributed by atoms with Crippen LogP contribution in [0.15, 0.2) is 73.2 Å². The second kappa shape index (κ2) is 9.56. The lowest BCUT2D eigenvalue weighted by Gasteiger charge is -2.19. The standard InChI is InChI=1S/C26H25N3O4/c1-16(11-23(30)31)20-9-6-10-21-22(15-28-25(20)21)26(32)24(17-7-4-3-5-8-17)29-18-12-19(33-2)14-27-13-18/h3-10,12-16,24,28-29H,11H2,1-2H3,(H,30,31). The molecule has 3 N–H and O–H groups in total. The second-order valence-electron chi connectivity index (χ2n) is 7.94. The summed E-state index contributed by atoms with van der Waals surface area (Å²) in [6.45, 7) is 1.87. The summed E-state index contributed by atoms with van der Waals surface area (Å²) >= 11 is 0. The van der Waals surface area contributed by atoms with E-state index in [-0.39, 0.29) is 18.1 Å². The van der Waals surface area contributed by atoms with E-state index < -0.39 is 12.0 Å². The molecule has 2 unspecified atom stereocenters. The molecule has 4 aromatic rings. The minimum atomic E-state index is -0.859. The number of rotatable bonds is 9. The van der Waals surface area contributed by atoms with Gasteiger partial charge in [-0.2, -0.15) is 0 Å². The lowest BCUT2D eigenvalue weighted by atomic mass is 9.93. The summed E-state index contributed by atoms with van der Waals surface area (Å²) in [7, 11) is 1.56. The van der Waals surface area contributed by atoms with E-state index in [2.05, 4.69) is 15.3 Å². The minimum Gasteiger partial charge on any atom is -0.495 e. The average molecular weight is 444 g/mol. The number of ketones is 1. The van der Waals surface area contributed by atoms with Crippen LogP contribution in [0.1, 0.15) is 46.8 Å². The van der Waals surface area contributed by atoms with Gasteiger partial charge >= 0.3 is 5.97 Å². The third kappa shape index (κ3) is 4.72. The van der Waals surface area contributed by atoms with Crippen molar-refractivity contribution < 1.29 is 19.4 Å². The van der Waals surface area contributed by atoms with Crippen molar-refractivity contribution in [3.63, 3.8) is 0 Å². The molecule has 2 aromatic heterocycles. The topological polar surface area (TPSA) is 104 Å². The fourth-order valence-electron chi connectivity index (χ4n) is 4.04. The maximum Gasteiger partial charge on any atom is 0.303 e. The summed E-state index contributed by atoms with van der Waals surface area (Å²) in [6, 6.07) is 16.3. The first-order chi connectivity index (χ1) is 16.0. The normalized spacial score (nSPS) is 12.8. The van der Waals surface area contributed by atoms with Gasteiger partial charge in [-0.25, -0.2) is 0 Å². The molecule has 2 aromatic carbocycles. The molecule has 0 aliphatic heterocycles. The molecule has 0 spiro atoms. The van der Waals surface area contributed by atoms with Crippen molar-refractivity contribution in [2.75, 3.05) is 12.4 Å². The Balaban J connectivity index is 1.74. The number of aromatic nitrogens is 2. The van der Waals surface area contributed by atoms with Gasteiger partial charge in [-0.15, -0.1) is 0 Å². The van der Waals surface area contributed by atoms with Crippen molar-refractivity contribution in [1.29, 1.82) is 0 Å². The second-order valence-corrected chi connectivity index (χ2v) is 7.94. The smallest absolute Gasteiger partial charge is 0.303 e. The van der Waals surface area contributed by atoms with Crippen LogP contribution in [0.25, 0.3) is 10.9 Å². The van der Waals surface area contributed by atoms with Crippen LogP contribution in [0, 0.1) is 0 Å². The number of fused-ring (bicyclic) bond motifs is 1. The third-order valence-electron chi connectivity index (χ3n) is 5.68. The molecule has 0 amide bonds. The summed E-state index contributed by atoms with van der Waals surface area (Å²) in [4.78, 5) is 32.4. The fraction of sp³-hybridized carbons (Fsp3) is 0.192. The first-order valence-electron chi connectivity index (χ1n) is 10.6. The summed E-state index contributed by atoms with van der Waals surface area (Å²) in [5.41, 5.74) is 3.66. The Morgan fingerprint density at radius 1 is 1.12 bits per heavy atom. The highest BCUT2D eigenvalue weighted by molar-refractivity contribution is 6.12. The fourth-order valence-corrected chi connectivity index (χ4v) is 4.04. The largest absolute Gasteiger partial charge is 0.495 e. The number of anilines is 1. The minimum absolute atomic E-state index is 0.0124. The van der Waals surface area contributed by atoms with E-state index in [4.69, 9.17) is 4.74 Å². The molecule has 0 aliphatic rings. The van der Waals surface area contributed by atoms with Crippen LogP contribution in [-0.2, 0) is 4.79 Å². The van der Waals surface area contributed by atoms with Crippen molar-refractivity contribution in [2.45, 2.75) is 25.3 Å². The van der Waals surface area contributed by atoms with Crippen LogP contribution in [-0.4, -0.2) is 33.9 Å². The number of benzene rings is 2. The molecule has 0 bridgehead atoms. The quantitative estimate of drug-likeness (QED) is 0.308. The molecule has 0 fully saturated rings. The number of pyridine rings is 1. The maximum atomic E-state index is 13.8. The van der Waals surface area contributed by atoms with E-state index in [1.807, 2.05) is 55.5 Å². The van der Waals surface area contributed by atoms with E-state index in [0.717, 1.165) is 22.0 Å². The predicted molar refractivity (Wildman–Crippen MR) is 127 cm³/mol. The van der Waals surface area contributed by atoms with Gasteiger partial charge in [-0.05, 0) is 17.0 Å². The SMILES string of the molecule is COc1cncc(NC(C(=O)c2c[nH]c3c(C(C)CC(=O)O)cccc23)c2ccccc2)c1. The number of carbonyl (C=O) groups is 2. The Bertz CT molecular complexity index is 1280.